The van der Waals surface area contributed by atoms with Crippen molar-refractivity contribution in [1.29, 1.82) is 0 Å². The van der Waals surface area contributed by atoms with Crippen LogP contribution in [0, 0.1) is 10.1 Å². The molecule has 7 heteroatoms. The minimum Gasteiger partial charge on any atom is -0.444 e. The van der Waals surface area contributed by atoms with Crippen LogP contribution in [0.1, 0.15) is 27.2 Å². The Morgan fingerprint density at radius 1 is 1.30 bits per heavy atom. The van der Waals surface area contributed by atoms with Crippen LogP contribution in [-0.2, 0) is 4.74 Å². The Balaban J connectivity index is 2.26. The Morgan fingerprint density at radius 2 is 1.90 bits per heavy atom. The summed E-state index contributed by atoms with van der Waals surface area (Å²) in [5.74, 6) is 0. The first-order valence-corrected chi connectivity index (χ1v) is 6.78. The van der Waals surface area contributed by atoms with E-state index in [0.29, 0.717) is 19.5 Å². The second-order valence-corrected chi connectivity index (χ2v) is 5.77. The third kappa shape index (κ3) is 6.51. The molecule has 1 saturated heterocycles. The monoisotopic (exact) mass is 285 g/mol. The van der Waals surface area contributed by atoms with Crippen LogP contribution in [0.4, 0.5) is 4.79 Å². The summed E-state index contributed by atoms with van der Waals surface area (Å²) in [6.45, 7) is 9.12. The van der Waals surface area contributed by atoms with E-state index in [0.717, 1.165) is 25.8 Å². The average molecular weight is 285 g/mol. The first kappa shape index (κ1) is 16.4. The molecule has 0 atom stereocenters. The first-order valence-electron chi connectivity index (χ1n) is 6.78. The maximum atomic E-state index is 11.9. The number of hydrogen-bond acceptors (Lipinski definition) is 5. The Morgan fingerprint density at radius 3 is 2.40 bits per heavy atom. The fraction of sp³-hybridized carbons (Fsp3) is 0.769. The summed E-state index contributed by atoms with van der Waals surface area (Å²) in [6, 6.07) is 0. The van der Waals surface area contributed by atoms with Crippen LogP contribution in [0.15, 0.2) is 12.3 Å². The molecule has 1 heterocycles. The van der Waals surface area contributed by atoms with E-state index in [9.17, 15) is 14.9 Å². The van der Waals surface area contributed by atoms with Gasteiger partial charge in [0.25, 0.3) is 0 Å². The minimum atomic E-state index is -0.471. The molecule has 7 nitrogen and oxygen atoms in total. The molecule has 0 bridgehead atoms. The van der Waals surface area contributed by atoms with Gasteiger partial charge in [0.2, 0.25) is 6.20 Å². The SMILES string of the molecule is CC(C)(C)OC(=O)N1CCN(CC/C=C/[N+](=O)[O-])CC1. The predicted molar refractivity (Wildman–Crippen MR) is 75.0 cm³/mol. The third-order valence-electron chi connectivity index (χ3n) is 2.86. The molecular weight excluding hydrogens is 262 g/mol. The molecule has 114 valence electrons. The van der Waals surface area contributed by atoms with Crippen molar-refractivity contribution in [1.82, 2.24) is 9.80 Å². The Labute approximate surface area is 119 Å². The van der Waals surface area contributed by atoms with Gasteiger partial charge >= 0.3 is 6.09 Å². The Hall–Kier alpha value is -1.63. The highest BCUT2D eigenvalue weighted by Crippen LogP contribution is 2.11. The highest BCUT2D eigenvalue weighted by molar-refractivity contribution is 5.68. The number of hydrogen-bond donors (Lipinski definition) is 0. The number of amides is 1. The van der Waals surface area contributed by atoms with Gasteiger partial charge in [-0.2, -0.15) is 0 Å². The molecule has 0 unspecified atom stereocenters. The third-order valence-corrected chi connectivity index (χ3v) is 2.86. The van der Waals surface area contributed by atoms with E-state index < -0.39 is 10.5 Å². The molecule has 0 spiro atoms. The van der Waals surface area contributed by atoms with Gasteiger partial charge < -0.3 is 9.64 Å². The largest absolute Gasteiger partial charge is 0.444 e. The highest BCUT2D eigenvalue weighted by atomic mass is 16.6. The van der Waals surface area contributed by atoms with Gasteiger partial charge in [-0.05, 0) is 33.3 Å². The van der Waals surface area contributed by atoms with Gasteiger partial charge in [0.05, 0.1) is 4.92 Å². The van der Waals surface area contributed by atoms with Crippen molar-refractivity contribution in [3.05, 3.63) is 22.4 Å². The fourth-order valence-corrected chi connectivity index (χ4v) is 1.90. The van der Waals surface area contributed by atoms with Crippen LogP contribution in [0.2, 0.25) is 0 Å². The zero-order valence-electron chi connectivity index (χ0n) is 12.4. The normalized spacial score (nSPS) is 17.4. The molecule has 0 N–H and O–H groups in total. The maximum Gasteiger partial charge on any atom is 0.410 e. The van der Waals surface area contributed by atoms with Crippen molar-refractivity contribution in [2.24, 2.45) is 0 Å². The molecule has 0 aromatic rings. The molecule has 1 aliphatic rings. The summed E-state index contributed by atoms with van der Waals surface area (Å²) in [5, 5.41) is 10.1. The van der Waals surface area contributed by atoms with Crippen molar-refractivity contribution in [3.63, 3.8) is 0 Å². The Bertz CT molecular complexity index is 368. The van der Waals surface area contributed by atoms with E-state index in [2.05, 4.69) is 4.90 Å². The van der Waals surface area contributed by atoms with E-state index in [-0.39, 0.29) is 6.09 Å². The van der Waals surface area contributed by atoms with Gasteiger partial charge in [-0.1, -0.05) is 0 Å². The quantitative estimate of drug-likeness (QED) is 0.580. The Kier molecular flexibility index (Phi) is 5.94. The lowest BCUT2D eigenvalue weighted by Crippen LogP contribution is -2.50. The van der Waals surface area contributed by atoms with Crippen LogP contribution in [0.5, 0.6) is 0 Å². The molecule has 1 rings (SSSR count). The summed E-state index contributed by atoms with van der Waals surface area (Å²) in [7, 11) is 0. The fourth-order valence-electron chi connectivity index (χ4n) is 1.90. The van der Waals surface area contributed by atoms with E-state index in [4.69, 9.17) is 4.74 Å². The number of ether oxygens (including phenoxy) is 1. The molecule has 1 fully saturated rings. The maximum absolute atomic E-state index is 11.9. The van der Waals surface area contributed by atoms with Crippen LogP contribution < -0.4 is 0 Å². The van der Waals surface area contributed by atoms with Crippen molar-refractivity contribution >= 4 is 6.09 Å². The molecule has 0 aromatic heterocycles. The van der Waals surface area contributed by atoms with Crippen LogP contribution >= 0.6 is 0 Å². The minimum absolute atomic E-state index is 0.273. The number of nitro groups is 1. The molecular formula is C13H23N3O4. The topological polar surface area (TPSA) is 75.9 Å². The summed E-state index contributed by atoms with van der Waals surface area (Å²) in [5.41, 5.74) is -0.471. The van der Waals surface area contributed by atoms with Gasteiger partial charge in [-0.15, -0.1) is 0 Å². The van der Waals surface area contributed by atoms with E-state index in [1.54, 1.807) is 11.0 Å². The van der Waals surface area contributed by atoms with Gasteiger partial charge in [0.1, 0.15) is 5.60 Å². The highest BCUT2D eigenvalue weighted by Gasteiger charge is 2.25. The number of carbonyl (C=O) groups excluding carboxylic acids is 1. The van der Waals surface area contributed by atoms with Gasteiger partial charge in [0, 0.05) is 32.7 Å². The molecule has 0 aromatic carbocycles. The smallest absolute Gasteiger partial charge is 0.410 e. The second-order valence-electron chi connectivity index (χ2n) is 5.77. The summed E-state index contributed by atoms with van der Waals surface area (Å²) < 4.78 is 5.32. The van der Waals surface area contributed by atoms with Crippen molar-refractivity contribution in [2.75, 3.05) is 32.7 Å². The molecule has 1 amide bonds. The average Bonchev–Trinajstić information content (AvgIpc) is 2.33. The lowest BCUT2D eigenvalue weighted by molar-refractivity contribution is -0.402. The van der Waals surface area contributed by atoms with Crippen LogP contribution in [-0.4, -0.2) is 59.1 Å². The number of rotatable bonds is 4. The van der Waals surface area contributed by atoms with Crippen molar-refractivity contribution < 1.29 is 14.5 Å². The van der Waals surface area contributed by atoms with Crippen LogP contribution in [0.3, 0.4) is 0 Å². The standard InChI is InChI=1S/C13H23N3O4/c1-13(2,3)20-12(17)15-10-8-14(9-11-15)6-4-5-7-16(18)19/h5,7H,4,6,8-11H2,1-3H3/b7-5+. The zero-order valence-corrected chi connectivity index (χ0v) is 12.4. The summed E-state index contributed by atoms with van der Waals surface area (Å²) in [6.07, 6.45) is 2.90. The second kappa shape index (κ2) is 7.23. The predicted octanol–water partition coefficient (Wildman–Crippen LogP) is 1.72. The van der Waals surface area contributed by atoms with Crippen LogP contribution in [0.25, 0.3) is 0 Å². The molecule has 0 saturated carbocycles. The van der Waals surface area contributed by atoms with Gasteiger partial charge in [-0.3, -0.25) is 15.0 Å². The first-order chi connectivity index (χ1) is 9.28. The van der Waals surface area contributed by atoms with E-state index in [1.807, 2.05) is 20.8 Å². The van der Waals surface area contributed by atoms with E-state index >= 15 is 0 Å². The summed E-state index contributed by atoms with van der Waals surface area (Å²) in [4.78, 5) is 25.4. The number of piperazine rings is 1. The van der Waals surface area contributed by atoms with Gasteiger partial charge in [0.15, 0.2) is 0 Å². The zero-order chi connectivity index (χ0) is 15.2. The molecule has 0 radical (unpaired) electrons. The van der Waals surface area contributed by atoms with Gasteiger partial charge in [-0.25, -0.2) is 4.79 Å². The van der Waals surface area contributed by atoms with Crippen molar-refractivity contribution in [2.45, 2.75) is 32.8 Å². The summed E-state index contributed by atoms with van der Waals surface area (Å²) >= 11 is 0. The molecule has 0 aliphatic carbocycles. The molecule has 20 heavy (non-hydrogen) atoms. The lowest BCUT2D eigenvalue weighted by Gasteiger charge is -2.35. The van der Waals surface area contributed by atoms with Crippen molar-refractivity contribution in [3.8, 4) is 0 Å². The number of nitrogens with zero attached hydrogens (tertiary/aromatic N) is 3. The molecule has 1 aliphatic heterocycles. The lowest BCUT2D eigenvalue weighted by atomic mass is 10.2. The number of carbonyl (C=O) groups is 1. The van der Waals surface area contributed by atoms with E-state index in [1.165, 1.54) is 0 Å².